The topological polar surface area (TPSA) is 72.8 Å². The Morgan fingerprint density at radius 2 is 2.17 bits per heavy atom. The highest BCUT2D eigenvalue weighted by Crippen LogP contribution is 2.20. The second kappa shape index (κ2) is 10.4. The van der Waals surface area contributed by atoms with Crippen LogP contribution in [0.15, 0.2) is 12.7 Å². The molecular formula is C6H13O5P. The highest BCUT2D eigenvalue weighted by Gasteiger charge is 1.87. The summed E-state index contributed by atoms with van der Waals surface area (Å²) in [5, 5.41) is 7.60. The molecule has 0 aliphatic carbocycles. The molecule has 0 aliphatic rings. The predicted molar refractivity (Wildman–Crippen MR) is 45.5 cm³/mol. The molecule has 0 radical (unpaired) electrons. The molecule has 0 saturated heterocycles. The van der Waals surface area contributed by atoms with Crippen LogP contribution in [0.4, 0.5) is 0 Å². The van der Waals surface area contributed by atoms with E-state index in [1.165, 1.54) is 7.11 Å². The number of aliphatic carboxylic acids is 1. The van der Waals surface area contributed by atoms with Crippen LogP contribution in [0.25, 0.3) is 0 Å². The van der Waals surface area contributed by atoms with E-state index >= 15 is 0 Å². The van der Waals surface area contributed by atoms with E-state index < -0.39 is 14.2 Å². The first-order valence-electron chi connectivity index (χ1n) is 3.14. The molecule has 0 aromatic rings. The zero-order valence-electron chi connectivity index (χ0n) is 7.07. The predicted octanol–water partition coefficient (Wildman–Crippen LogP) is 1.32. The summed E-state index contributed by atoms with van der Waals surface area (Å²) in [6.07, 6.45) is 0.833. The van der Waals surface area contributed by atoms with E-state index in [1.807, 2.05) is 0 Å². The maximum atomic E-state index is 10.2. The smallest absolute Gasteiger partial charge is 0.327 e. The van der Waals surface area contributed by atoms with Gasteiger partial charge in [-0.3, -0.25) is 4.57 Å². The Morgan fingerprint density at radius 1 is 1.75 bits per heavy atom. The van der Waals surface area contributed by atoms with E-state index in [0.717, 1.165) is 6.08 Å². The summed E-state index contributed by atoms with van der Waals surface area (Å²) in [6.45, 7) is 5.18. The van der Waals surface area contributed by atoms with Crippen molar-refractivity contribution < 1.29 is 23.5 Å². The number of hydrogen-bond acceptors (Lipinski definition) is 4. The average molecular weight is 196 g/mol. The van der Waals surface area contributed by atoms with Crippen LogP contribution in [-0.2, 0) is 18.4 Å². The molecule has 1 N–H and O–H groups in total. The van der Waals surface area contributed by atoms with Gasteiger partial charge in [-0.15, -0.1) is 0 Å². The minimum atomic E-state index is -2.13. The molecule has 0 fully saturated rings. The highest BCUT2D eigenvalue weighted by molar-refractivity contribution is 7.33. The summed E-state index contributed by atoms with van der Waals surface area (Å²) >= 11 is 0. The quantitative estimate of drug-likeness (QED) is 0.542. The van der Waals surface area contributed by atoms with Crippen LogP contribution in [0.5, 0.6) is 0 Å². The van der Waals surface area contributed by atoms with E-state index in [2.05, 4.69) is 15.6 Å². The molecule has 0 spiro atoms. The molecule has 0 amide bonds. The zero-order chi connectivity index (χ0) is 9.98. The molecule has 12 heavy (non-hydrogen) atoms. The summed E-state index contributed by atoms with van der Waals surface area (Å²) in [4.78, 5) is 9.25. The highest BCUT2D eigenvalue weighted by atomic mass is 31.1. The van der Waals surface area contributed by atoms with Crippen molar-refractivity contribution in [3.05, 3.63) is 12.7 Å². The summed E-state index contributed by atoms with van der Waals surface area (Å²) in [5.74, 6) is -0.981. The molecule has 5 nitrogen and oxygen atoms in total. The van der Waals surface area contributed by atoms with Crippen LogP contribution in [0.2, 0.25) is 0 Å². The van der Waals surface area contributed by atoms with Gasteiger partial charge in [0.05, 0.1) is 6.61 Å². The molecule has 0 aromatic carbocycles. The second-order valence-electron chi connectivity index (χ2n) is 1.43. The van der Waals surface area contributed by atoms with Crippen LogP contribution in [-0.4, -0.2) is 24.8 Å². The van der Waals surface area contributed by atoms with E-state index in [0.29, 0.717) is 6.61 Å². The molecule has 0 aromatic heterocycles. The molecule has 72 valence electrons. The van der Waals surface area contributed by atoms with Crippen molar-refractivity contribution in [3.8, 4) is 0 Å². The van der Waals surface area contributed by atoms with Gasteiger partial charge in [0.25, 0.3) is 0 Å². The van der Waals surface area contributed by atoms with E-state index in [1.54, 1.807) is 6.92 Å². The second-order valence-corrected chi connectivity index (χ2v) is 2.63. The van der Waals surface area contributed by atoms with Crippen LogP contribution >= 0.6 is 8.25 Å². The molecule has 0 rings (SSSR count). The van der Waals surface area contributed by atoms with Crippen molar-refractivity contribution in [2.45, 2.75) is 6.92 Å². The summed E-state index contributed by atoms with van der Waals surface area (Å²) < 4.78 is 19.0. The number of carbonyl (C=O) groups is 1. The zero-order valence-corrected chi connectivity index (χ0v) is 8.07. The van der Waals surface area contributed by atoms with Gasteiger partial charge in [0, 0.05) is 13.2 Å². The first kappa shape index (κ1) is 13.9. The molecular weight excluding hydrogens is 183 g/mol. The summed E-state index contributed by atoms with van der Waals surface area (Å²) in [6, 6.07) is 0. The first-order valence-corrected chi connectivity index (χ1v) is 4.37. The van der Waals surface area contributed by atoms with Crippen LogP contribution in [0.3, 0.4) is 0 Å². The summed E-state index contributed by atoms with van der Waals surface area (Å²) in [5.41, 5.74) is 0. The number of hydrogen-bond donors (Lipinski definition) is 1. The normalized spacial score (nSPS) is 10.8. The van der Waals surface area contributed by atoms with Crippen molar-refractivity contribution >= 4 is 14.2 Å². The summed E-state index contributed by atoms with van der Waals surface area (Å²) in [7, 11) is -0.772. The van der Waals surface area contributed by atoms with E-state index in [4.69, 9.17) is 5.11 Å². The molecule has 0 heterocycles. The third-order valence-electron chi connectivity index (χ3n) is 0.603. The van der Waals surface area contributed by atoms with Gasteiger partial charge in [-0.05, 0) is 6.92 Å². The SMILES string of the molecule is C=CC(=O)O.CCO[PH](=O)OC. The monoisotopic (exact) mass is 196 g/mol. The fourth-order valence-corrected chi connectivity index (χ4v) is 0.530. The maximum absolute atomic E-state index is 10.2. The lowest BCUT2D eigenvalue weighted by atomic mass is 10.7. The van der Waals surface area contributed by atoms with Gasteiger partial charge in [-0.1, -0.05) is 6.58 Å². The Bertz CT molecular complexity index is 156. The first-order chi connectivity index (χ1) is 5.58. The largest absolute Gasteiger partial charge is 0.478 e. The van der Waals surface area contributed by atoms with E-state index in [-0.39, 0.29) is 0 Å². The fourth-order valence-electron chi connectivity index (χ4n) is 0.177. The number of carboxylic acids is 1. The van der Waals surface area contributed by atoms with E-state index in [9.17, 15) is 9.36 Å². The molecule has 6 heteroatoms. The standard InChI is InChI=1S/C3H9O3P.C3H4O2/c1-3-6-7(4)5-2;1-2-3(4)5/h7H,3H2,1-2H3;2H,1H2,(H,4,5). The number of rotatable bonds is 4. The van der Waals surface area contributed by atoms with Gasteiger partial charge < -0.3 is 14.2 Å². The van der Waals surface area contributed by atoms with Gasteiger partial charge in [0.1, 0.15) is 0 Å². The fraction of sp³-hybridized carbons (Fsp3) is 0.500. The van der Waals surface area contributed by atoms with Crippen molar-refractivity contribution in [2.24, 2.45) is 0 Å². The van der Waals surface area contributed by atoms with Gasteiger partial charge in [-0.2, -0.15) is 0 Å². The Balaban J connectivity index is 0. The lowest BCUT2D eigenvalue weighted by Crippen LogP contribution is -1.82. The van der Waals surface area contributed by atoms with Crippen molar-refractivity contribution in [2.75, 3.05) is 13.7 Å². The maximum Gasteiger partial charge on any atom is 0.327 e. The lowest BCUT2D eigenvalue weighted by Gasteiger charge is -1.94. The Morgan fingerprint density at radius 3 is 2.25 bits per heavy atom. The Hall–Kier alpha value is -0.640. The van der Waals surface area contributed by atoms with Gasteiger partial charge >= 0.3 is 14.2 Å². The van der Waals surface area contributed by atoms with Crippen molar-refractivity contribution in [1.29, 1.82) is 0 Å². The molecule has 0 saturated carbocycles. The van der Waals surface area contributed by atoms with Gasteiger partial charge in [-0.25, -0.2) is 4.79 Å². The minimum Gasteiger partial charge on any atom is -0.478 e. The lowest BCUT2D eigenvalue weighted by molar-refractivity contribution is -0.131. The third-order valence-corrected chi connectivity index (χ3v) is 1.46. The third kappa shape index (κ3) is 16.2. The van der Waals surface area contributed by atoms with Crippen molar-refractivity contribution in [1.82, 2.24) is 0 Å². The minimum absolute atomic E-state index is 0.450. The Labute approximate surface area is 71.9 Å². The molecule has 1 unspecified atom stereocenters. The van der Waals surface area contributed by atoms with Crippen LogP contribution in [0.1, 0.15) is 6.92 Å². The van der Waals surface area contributed by atoms with Crippen LogP contribution in [0, 0.1) is 0 Å². The Kier molecular flexibility index (Phi) is 12.0. The van der Waals surface area contributed by atoms with Gasteiger partial charge in [0.15, 0.2) is 0 Å². The average Bonchev–Trinajstić information content (AvgIpc) is 2.06. The van der Waals surface area contributed by atoms with Crippen molar-refractivity contribution in [3.63, 3.8) is 0 Å². The molecule has 0 aliphatic heterocycles. The molecule has 1 atom stereocenters. The molecule has 0 bridgehead atoms. The number of carboxylic acid groups (broad SMARTS) is 1. The van der Waals surface area contributed by atoms with Crippen LogP contribution < -0.4 is 0 Å². The van der Waals surface area contributed by atoms with Gasteiger partial charge in [0.2, 0.25) is 0 Å².